The molecule has 0 radical (unpaired) electrons. The Morgan fingerprint density at radius 3 is 2.27 bits per heavy atom. The molecule has 2 aromatic rings. The fourth-order valence-electron chi connectivity index (χ4n) is 4.26. The smallest absolute Gasteiger partial charge is 0.241 e. The summed E-state index contributed by atoms with van der Waals surface area (Å²) >= 11 is 0. The van der Waals surface area contributed by atoms with Crippen molar-refractivity contribution in [1.82, 2.24) is 5.32 Å². The number of nitrogens with one attached hydrogen (secondary N) is 1. The number of rotatable bonds is 7. The van der Waals surface area contributed by atoms with Crippen molar-refractivity contribution in [3.8, 4) is 0 Å². The van der Waals surface area contributed by atoms with Crippen molar-refractivity contribution >= 4 is 21.6 Å². The SMILES string of the molecule is CCC(NC(=O)CN(c1cc(C)cc(C)c1)S(C)(=O)=O)c1ccc2c(c1)CCCC2. The monoisotopic (exact) mass is 428 g/mol. The Hall–Kier alpha value is -2.34. The number of anilines is 1. The van der Waals surface area contributed by atoms with Crippen molar-refractivity contribution in [2.45, 2.75) is 58.9 Å². The van der Waals surface area contributed by atoms with E-state index < -0.39 is 10.0 Å². The number of carbonyl (C=O) groups excluding carboxylic acids is 1. The van der Waals surface area contributed by atoms with Crippen molar-refractivity contribution in [3.63, 3.8) is 0 Å². The van der Waals surface area contributed by atoms with E-state index in [4.69, 9.17) is 0 Å². The van der Waals surface area contributed by atoms with Crippen LogP contribution in [0.15, 0.2) is 36.4 Å². The molecular weight excluding hydrogens is 396 g/mol. The molecule has 0 bridgehead atoms. The van der Waals surface area contributed by atoms with Crippen LogP contribution in [0.5, 0.6) is 0 Å². The van der Waals surface area contributed by atoms with Gasteiger partial charge in [-0.3, -0.25) is 9.10 Å². The first-order valence-electron chi connectivity index (χ1n) is 10.6. The van der Waals surface area contributed by atoms with Crippen LogP contribution < -0.4 is 9.62 Å². The van der Waals surface area contributed by atoms with Gasteiger partial charge in [-0.05, 0) is 85.9 Å². The average molecular weight is 429 g/mol. The molecule has 1 N–H and O–H groups in total. The average Bonchev–Trinajstić information content (AvgIpc) is 2.68. The van der Waals surface area contributed by atoms with Gasteiger partial charge in [0.25, 0.3) is 0 Å². The van der Waals surface area contributed by atoms with Gasteiger partial charge in [-0.15, -0.1) is 0 Å². The molecule has 0 saturated heterocycles. The number of nitrogens with zero attached hydrogens (tertiary/aromatic N) is 1. The van der Waals surface area contributed by atoms with E-state index in [-0.39, 0.29) is 18.5 Å². The number of carbonyl (C=O) groups is 1. The van der Waals surface area contributed by atoms with Gasteiger partial charge in [-0.2, -0.15) is 0 Å². The molecule has 5 nitrogen and oxygen atoms in total. The Kier molecular flexibility index (Phi) is 6.86. The van der Waals surface area contributed by atoms with E-state index in [0.29, 0.717) is 5.69 Å². The van der Waals surface area contributed by atoms with Gasteiger partial charge in [0.1, 0.15) is 6.54 Å². The summed E-state index contributed by atoms with van der Waals surface area (Å²) in [6.45, 7) is 5.63. The Labute approximate surface area is 180 Å². The predicted molar refractivity (Wildman–Crippen MR) is 122 cm³/mol. The molecule has 1 aliphatic carbocycles. The van der Waals surface area contributed by atoms with Crippen LogP contribution in [0, 0.1) is 13.8 Å². The van der Waals surface area contributed by atoms with Crippen LogP contribution in [0.1, 0.15) is 60.0 Å². The number of sulfonamides is 1. The molecule has 0 fully saturated rings. The number of fused-ring (bicyclic) bond motifs is 1. The van der Waals surface area contributed by atoms with Crippen molar-refractivity contribution in [3.05, 3.63) is 64.2 Å². The molecular formula is C24H32N2O3S. The van der Waals surface area contributed by atoms with E-state index in [9.17, 15) is 13.2 Å². The molecule has 0 heterocycles. The van der Waals surface area contributed by atoms with Crippen molar-refractivity contribution in [2.75, 3.05) is 17.1 Å². The standard InChI is InChI=1S/C24H32N2O3S/c1-5-23(21-11-10-19-8-6-7-9-20(19)15-21)25-24(27)16-26(30(4,28)29)22-13-17(2)12-18(3)14-22/h10-15,23H,5-9,16H2,1-4H3,(H,25,27). The van der Waals surface area contributed by atoms with Gasteiger partial charge in [0.15, 0.2) is 0 Å². The van der Waals surface area contributed by atoms with E-state index in [1.165, 1.54) is 28.3 Å². The van der Waals surface area contributed by atoms with E-state index in [1.54, 1.807) is 12.1 Å². The molecule has 0 aliphatic heterocycles. The first-order valence-corrected chi connectivity index (χ1v) is 12.5. The van der Waals surface area contributed by atoms with Gasteiger partial charge in [-0.1, -0.05) is 31.2 Å². The molecule has 6 heteroatoms. The van der Waals surface area contributed by atoms with Crippen molar-refractivity contribution in [1.29, 1.82) is 0 Å². The van der Waals surface area contributed by atoms with E-state index >= 15 is 0 Å². The van der Waals surface area contributed by atoms with Gasteiger partial charge in [0.2, 0.25) is 15.9 Å². The van der Waals surface area contributed by atoms with Gasteiger partial charge < -0.3 is 5.32 Å². The number of hydrogen-bond acceptors (Lipinski definition) is 3. The largest absolute Gasteiger partial charge is 0.348 e. The fraction of sp³-hybridized carbons (Fsp3) is 0.458. The lowest BCUT2D eigenvalue weighted by Gasteiger charge is -2.25. The zero-order valence-corrected chi connectivity index (χ0v) is 19.2. The molecule has 1 amide bonds. The summed E-state index contributed by atoms with van der Waals surface area (Å²) in [6, 6.07) is 11.9. The number of benzene rings is 2. The number of hydrogen-bond donors (Lipinski definition) is 1. The summed E-state index contributed by atoms with van der Waals surface area (Å²) in [4.78, 5) is 12.9. The Morgan fingerprint density at radius 2 is 1.67 bits per heavy atom. The highest BCUT2D eigenvalue weighted by Crippen LogP contribution is 2.26. The molecule has 0 aromatic heterocycles. The summed E-state index contributed by atoms with van der Waals surface area (Å²) in [5.74, 6) is -0.302. The minimum Gasteiger partial charge on any atom is -0.348 e. The van der Waals surface area contributed by atoms with Gasteiger partial charge in [-0.25, -0.2) is 8.42 Å². The molecule has 1 aliphatic rings. The molecule has 0 saturated carbocycles. The maximum atomic E-state index is 12.9. The maximum absolute atomic E-state index is 12.9. The Balaban J connectivity index is 1.78. The zero-order chi connectivity index (χ0) is 21.9. The normalized spacial score (nSPS) is 14.7. The Morgan fingerprint density at radius 1 is 1.03 bits per heavy atom. The molecule has 162 valence electrons. The summed E-state index contributed by atoms with van der Waals surface area (Å²) in [6.07, 6.45) is 6.53. The minimum atomic E-state index is -3.59. The van der Waals surface area contributed by atoms with Gasteiger partial charge in [0.05, 0.1) is 18.0 Å². The zero-order valence-electron chi connectivity index (χ0n) is 18.4. The third-order valence-electron chi connectivity index (χ3n) is 5.70. The Bertz CT molecular complexity index is 1010. The second-order valence-electron chi connectivity index (χ2n) is 8.38. The highest BCUT2D eigenvalue weighted by atomic mass is 32.2. The van der Waals surface area contributed by atoms with Crippen LogP contribution in [0.4, 0.5) is 5.69 Å². The van der Waals surface area contributed by atoms with Crippen LogP contribution in [-0.4, -0.2) is 27.1 Å². The molecule has 1 unspecified atom stereocenters. The van der Waals surface area contributed by atoms with E-state index in [1.807, 2.05) is 26.8 Å². The fourth-order valence-corrected chi connectivity index (χ4v) is 5.10. The maximum Gasteiger partial charge on any atom is 0.241 e. The van der Waals surface area contributed by atoms with E-state index in [0.717, 1.165) is 42.2 Å². The van der Waals surface area contributed by atoms with Crippen molar-refractivity contribution < 1.29 is 13.2 Å². The van der Waals surface area contributed by atoms with Crippen LogP contribution in [0.2, 0.25) is 0 Å². The molecule has 3 rings (SSSR count). The summed E-state index contributed by atoms with van der Waals surface area (Å²) in [5, 5.41) is 3.05. The quantitative estimate of drug-likeness (QED) is 0.718. The molecule has 1 atom stereocenters. The molecule has 30 heavy (non-hydrogen) atoms. The van der Waals surface area contributed by atoms with Gasteiger partial charge in [0, 0.05) is 0 Å². The van der Waals surface area contributed by atoms with Crippen LogP contribution in [0.25, 0.3) is 0 Å². The van der Waals surface area contributed by atoms with Crippen LogP contribution in [0.3, 0.4) is 0 Å². The highest BCUT2D eigenvalue weighted by molar-refractivity contribution is 7.92. The summed E-state index contributed by atoms with van der Waals surface area (Å²) < 4.78 is 26.0. The lowest BCUT2D eigenvalue weighted by atomic mass is 9.89. The van der Waals surface area contributed by atoms with Crippen LogP contribution in [-0.2, 0) is 27.7 Å². The number of amides is 1. The highest BCUT2D eigenvalue weighted by Gasteiger charge is 2.23. The van der Waals surface area contributed by atoms with E-state index in [2.05, 4.69) is 23.5 Å². The lowest BCUT2D eigenvalue weighted by molar-refractivity contribution is -0.120. The second-order valence-corrected chi connectivity index (χ2v) is 10.3. The van der Waals surface area contributed by atoms with Crippen LogP contribution >= 0.6 is 0 Å². The number of aryl methyl sites for hydroxylation is 4. The minimum absolute atomic E-state index is 0.134. The lowest BCUT2D eigenvalue weighted by Crippen LogP contribution is -2.41. The third kappa shape index (κ3) is 5.42. The first kappa shape index (κ1) is 22.3. The molecule has 0 spiro atoms. The summed E-state index contributed by atoms with van der Waals surface area (Å²) in [7, 11) is -3.59. The first-order chi connectivity index (χ1) is 14.2. The topological polar surface area (TPSA) is 66.5 Å². The second kappa shape index (κ2) is 9.21. The van der Waals surface area contributed by atoms with Gasteiger partial charge >= 0.3 is 0 Å². The molecule has 2 aromatic carbocycles. The predicted octanol–water partition coefficient (Wildman–Crippen LogP) is 4.22. The third-order valence-corrected chi connectivity index (χ3v) is 6.84. The van der Waals surface area contributed by atoms with Crippen molar-refractivity contribution in [2.24, 2.45) is 0 Å². The summed E-state index contributed by atoms with van der Waals surface area (Å²) in [5.41, 5.74) is 6.30.